The van der Waals surface area contributed by atoms with E-state index in [-0.39, 0.29) is 0 Å². The standard InChI is InChI=1S/C15H28ClN3O/c1-5-9-17-12(8-7-10-20-4)11-14-15(16)13(6-2)18-19(14)3/h12,17H,5-11H2,1-4H3. The van der Waals surface area contributed by atoms with E-state index < -0.39 is 0 Å². The topological polar surface area (TPSA) is 39.1 Å². The molecule has 1 unspecified atom stereocenters. The normalized spacial score (nSPS) is 12.8. The van der Waals surface area contributed by atoms with E-state index >= 15 is 0 Å². The minimum absolute atomic E-state index is 0.433. The molecule has 1 aromatic rings. The third-order valence-electron chi connectivity index (χ3n) is 3.53. The molecule has 0 saturated heterocycles. The maximum atomic E-state index is 6.43. The summed E-state index contributed by atoms with van der Waals surface area (Å²) < 4.78 is 7.07. The highest BCUT2D eigenvalue weighted by Crippen LogP contribution is 2.22. The Balaban J connectivity index is 2.69. The molecule has 1 N–H and O–H groups in total. The van der Waals surface area contributed by atoms with Gasteiger partial charge in [0.2, 0.25) is 0 Å². The average molecular weight is 302 g/mol. The van der Waals surface area contributed by atoms with Crippen LogP contribution in [-0.4, -0.2) is 36.1 Å². The Morgan fingerprint density at radius 2 is 2.15 bits per heavy atom. The lowest BCUT2D eigenvalue weighted by Gasteiger charge is -2.18. The molecule has 0 aromatic carbocycles. The molecule has 5 heteroatoms. The number of halogens is 1. The van der Waals surface area contributed by atoms with Gasteiger partial charge in [0.15, 0.2) is 0 Å². The summed E-state index contributed by atoms with van der Waals surface area (Å²) in [4.78, 5) is 0. The summed E-state index contributed by atoms with van der Waals surface area (Å²) in [6.07, 6.45) is 5.10. The van der Waals surface area contributed by atoms with Crippen LogP contribution in [0.25, 0.3) is 0 Å². The van der Waals surface area contributed by atoms with Gasteiger partial charge in [0.05, 0.1) is 16.4 Å². The van der Waals surface area contributed by atoms with E-state index in [4.69, 9.17) is 16.3 Å². The molecule has 0 aliphatic carbocycles. The van der Waals surface area contributed by atoms with Crippen molar-refractivity contribution >= 4 is 11.6 Å². The van der Waals surface area contributed by atoms with Gasteiger partial charge in [-0.2, -0.15) is 5.10 Å². The molecule has 0 spiro atoms. The van der Waals surface area contributed by atoms with Gasteiger partial charge in [0.25, 0.3) is 0 Å². The lowest BCUT2D eigenvalue weighted by atomic mass is 10.1. The number of nitrogens with zero attached hydrogens (tertiary/aromatic N) is 2. The van der Waals surface area contributed by atoms with E-state index in [0.29, 0.717) is 6.04 Å². The van der Waals surface area contributed by atoms with Crippen LogP contribution in [0.1, 0.15) is 44.5 Å². The summed E-state index contributed by atoms with van der Waals surface area (Å²) in [5.74, 6) is 0. The number of methoxy groups -OCH3 is 1. The third-order valence-corrected chi connectivity index (χ3v) is 3.96. The van der Waals surface area contributed by atoms with E-state index in [1.54, 1.807) is 7.11 Å². The van der Waals surface area contributed by atoms with Crippen LogP contribution in [0, 0.1) is 0 Å². The van der Waals surface area contributed by atoms with Gasteiger partial charge in [0, 0.05) is 33.2 Å². The predicted octanol–water partition coefficient (Wildman–Crippen LogP) is 2.97. The third kappa shape index (κ3) is 5.08. The van der Waals surface area contributed by atoms with Crippen LogP contribution in [0.5, 0.6) is 0 Å². The second-order valence-corrected chi connectivity index (χ2v) is 5.55. The van der Waals surface area contributed by atoms with Crippen LogP contribution in [0.3, 0.4) is 0 Å². The van der Waals surface area contributed by atoms with E-state index in [0.717, 1.165) is 61.7 Å². The van der Waals surface area contributed by atoms with E-state index in [1.165, 1.54) is 0 Å². The van der Waals surface area contributed by atoms with Gasteiger partial charge in [-0.15, -0.1) is 0 Å². The first-order valence-corrected chi connectivity index (χ1v) is 7.94. The SMILES string of the molecule is CCCNC(CCCOC)Cc1c(Cl)c(CC)nn1C. The second kappa shape index (κ2) is 9.37. The predicted molar refractivity (Wildman–Crippen MR) is 84.5 cm³/mol. The van der Waals surface area contributed by atoms with Crippen molar-refractivity contribution in [2.24, 2.45) is 7.05 Å². The number of aromatic nitrogens is 2. The zero-order valence-corrected chi connectivity index (χ0v) is 14.0. The van der Waals surface area contributed by atoms with Gasteiger partial charge in [-0.25, -0.2) is 0 Å². The first kappa shape index (κ1) is 17.5. The average Bonchev–Trinajstić information content (AvgIpc) is 2.71. The smallest absolute Gasteiger partial charge is 0.0850 e. The number of rotatable bonds is 10. The van der Waals surface area contributed by atoms with Crippen molar-refractivity contribution in [2.75, 3.05) is 20.3 Å². The highest BCUT2D eigenvalue weighted by Gasteiger charge is 2.17. The zero-order chi connectivity index (χ0) is 15.0. The number of nitrogens with one attached hydrogen (secondary N) is 1. The number of aryl methyl sites for hydroxylation is 2. The Hall–Kier alpha value is -0.580. The number of ether oxygens (including phenoxy) is 1. The molecule has 0 fully saturated rings. The highest BCUT2D eigenvalue weighted by molar-refractivity contribution is 6.31. The largest absolute Gasteiger partial charge is 0.385 e. The summed E-state index contributed by atoms with van der Waals surface area (Å²) >= 11 is 6.43. The van der Waals surface area contributed by atoms with E-state index in [2.05, 4.69) is 24.3 Å². The maximum Gasteiger partial charge on any atom is 0.0850 e. The quantitative estimate of drug-likeness (QED) is 0.675. The molecular formula is C15H28ClN3O. The molecule has 1 atom stereocenters. The van der Waals surface area contributed by atoms with Crippen LogP contribution in [-0.2, 0) is 24.6 Å². The van der Waals surface area contributed by atoms with Crippen molar-refractivity contribution in [3.8, 4) is 0 Å². The lowest BCUT2D eigenvalue weighted by Crippen LogP contribution is -2.32. The van der Waals surface area contributed by atoms with E-state index in [9.17, 15) is 0 Å². The molecule has 0 aliphatic heterocycles. The maximum absolute atomic E-state index is 6.43. The molecule has 1 aromatic heterocycles. The summed E-state index contributed by atoms with van der Waals surface area (Å²) in [5, 5.41) is 8.93. The molecule has 116 valence electrons. The van der Waals surface area contributed by atoms with Crippen molar-refractivity contribution in [3.63, 3.8) is 0 Å². The van der Waals surface area contributed by atoms with Gasteiger partial charge in [0.1, 0.15) is 0 Å². The summed E-state index contributed by atoms with van der Waals surface area (Å²) in [6, 6.07) is 0.433. The Morgan fingerprint density at radius 1 is 1.40 bits per heavy atom. The molecule has 1 rings (SSSR count). The van der Waals surface area contributed by atoms with E-state index in [1.807, 2.05) is 11.7 Å². The van der Waals surface area contributed by atoms with Crippen LogP contribution >= 0.6 is 11.6 Å². The van der Waals surface area contributed by atoms with Crippen LogP contribution in [0.2, 0.25) is 5.02 Å². The molecule has 0 aliphatic rings. The lowest BCUT2D eigenvalue weighted by molar-refractivity contribution is 0.188. The molecule has 4 nitrogen and oxygen atoms in total. The summed E-state index contributed by atoms with van der Waals surface area (Å²) in [7, 11) is 3.73. The van der Waals surface area contributed by atoms with Crippen LogP contribution in [0.4, 0.5) is 0 Å². The molecule has 0 amide bonds. The second-order valence-electron chi connectivity index (χ2n) is 5.17. The van der Waals surface area contributed by atoms with Gasteiger partial charge in [-0.3, -0.25) is 4.68 Å². The zero-order valence-electron chi connectivity index (χ0n) is 13.2. The Morgan fingerprint density at radius 3 is 2.70 bits per heavy atom. The van der Waals surface area contributed by atoms with Crippen molar-refractivity contribution in [3.05, 3.63) is 16.4 Å². The number of hydrogen-bond donors (Lipinski definition) is 1. The van der Waals surface area contributed by atoms with Gasteiger partial charge < -0.3 is 10.1 Å². The first-order chi connectivity index (χ1) is 9.63. The Labute approximate surface area is 127 Å². The fourth-order valence-electron chi connectivity index (χ4n) is 2.37. The Kier molecular flexibility index (Phi) is 8.19. The van der Waals surface area contributed by atoms with Crippen molar-refractivity contribution in [1.29, 1.82) is 0 Å². The van der Waals surface area contributed by atoms with Gasteiger partial charge >= 0.3 is 0 Å². The fraction of sp³-hybridized carbons (Fsp3) is 0.800. The van der Waals surface area contributed by atoms with Gasteiger partial charge in [-0.1, -0.05) is 25.4 Å². The van der Waals surface area contributed by atoms with Crippen molar-refractivity contribution < 1.29 is 4.74 Å². The monoisotopic (exact) mass is 301 g/mol. The fourth-order valence-corrected chi connectivity index (χ4v) is 2.74. The number of hydrogen-bond acceptors (Lipinski definition) is 3. The molecule has 1 heterocycles. The molecular weight excluding hydrogens is 274 g/mol. The molecule has 20 heavy (non-hydrogen) atoms. The highest BCUT2D eigenvalue weighted by atomic mass is 35.5. The minimum atomic E-state index is 0.433. The molecule has 0 saturated carbocycles. The summed E-state index contributed by atoms with van der Waals surface area (Å²) in [6.45, 7) is 6.12. The van der Waals surface area contributed by atoms with Crippen molar-refractivity contribution in [2.45, 2.75) is 52.0 Å². The minimum Gasteiger partial charge on any atom is -0.385 e. The molecule has 0 radical (unpaired) electrons. The Bertz CT molecular complexity index is 393. The van der Waals surface area contributed by atoms with Crippen molar-refractivity contribution in [1.82, 2.24) is 15.1 Å². The van der Waals surface area contributed by atoms with Crippen LogP contribution in [0.15, 0.2) is 0 Å². The van der Waals surface area contributed by atoms with Crippen LogP contribution < -0.4 is 5.32 Å². The summed E-state index contributed by atoms with van der Waals surface area (Å²) in [5.41, 5.74) is 2.13. The first-order valence-electron chi connectivity index (χ1n) is 7.56. The molecule has 0 bridgehead atoms. The van der Waals surface area contributed by atoms with Gasteiger partial charge in [-0.05, 0) is 32.2 Å².